The Morgan fingerprint density at radius 2 is 1.85 bits per heavy atom. The van der Waals surface area contributed by atoms with E-state index in [9.17, 15) is 17.6 Å². The summed E-state index contributed by atoms with van der Waals surface area (Å²) >= 11 is 0. The Kier molecular flexibility index (Phi) is 5.51. The van der Waals surface area contributed by atoms with E-state index in [1.165, 1.54) is 18.2 Å². The van der Waals surface area contributed by atoms with E-state index in [4.69, 9.17) is 4.18 Å². The lowest BCUT2D eigenvalue weighted by molar-refractivity contribution is 0.0729. The van der Waals surface area contributed by atoms with Gasteiger partial charge in [0.15, 0.2) is 0 Å². The minimum Gasteiger partial charge on any atom is -0.382 e. The molecule has 7 heteroatoms. The maximum Gasteiger partial charge on any atom is 0.311 e. The maximum absolute atomic E-state index is 13.4. The predicted octanol–water partition coefficient (Wildman–Crippen LogP) is 3.75. The Labute approximate surface area is 158 Å². The number of hydrogen-bond donors (Lipinski definition) is 0. The van der Waals surface area contributed by atoms with Crippen LogP contribution in [-0.2, 0) is 16.7 Å². The summed E-state index contributed by atoms with van der Waals surface area (Å²) < 4.78 is 42.2. The normalized spacial score (nSPS) is 14.2. The highest BCUT2D eigenvalue weighted by atomic mass is 32.2. The van der Waals surface area contributed by atoms with Gasteiger partial charge in [-0.3, -0.25) is 4.79 Å². The van der Waals surface area contributed by atoms with E-state index >= 15 is 0 Å². The van der Waals surface area contributed by atoms with Crippen molar-refractivity contribution < 1.29 is 21.8 Å². The summed E-state index contributed by atoms with van der Waals surface area (Å²) in [5.74, 6) is -0.411. The number of benzene rings is 2. The first-order valence-electron chi connectivity index (χ1n) is 8.85. The molecule has 0 aromatic heterocycles. The first-order chi connectivity index (χ1) is 12.8. The van der Waals surface area contributed by atoms with Crippen LogP contribution in [0.4, 0.5) is 4.39 Å². The fourth-order valence-electron chi connectivity index (χ4n) is 2.62. The van der Waals surface area contributed by atoms with Crippen molar-refractivity contribution in [3.05, 3.63) is 65.5 Å². The second-order valence-corrected chi connectivity index (χ2v) is 9.04. The number of carbonyl (C=O) groups excluding carboxylic acids is 1. The van der Waals surface area contributed by atoms with Crippen molar-refractivity contribution in [2.45, 2.75) is 44.5 Å². The van der Waals surface area contributed by atoms with Crippen molar-refractivity contribution in [1.82, 2.24) is 4.90 Å². The summed E-state index contributed by atoms with van der Waals surface area (Å²) in [5.41, 5.74) is 1.17. The van der Waals surface area contributed by atoms with Crippen molar-refractivity contribution in [1.29, 1.82) is 0 Å². The second kappa shape index (κ2) is 7.68. The molecule has 0 aliphatic heterocycles. The number of hydrogen-bond acceptors (Lipinski definition) is 4. The fraction of sp³-hybridized carbons (Fsp3) is 0.350. The van der Waals surface area contributed by atoms with Gasteiger partial charge >= 0.3 is 10.1 Å². The molecule has 1 fully saturated rings. The van der Waals surface area contributed by atoms with Crippen LogP contribution in [0.2, 0.25) is 0 Å². The molecule has 27 heavy (non-hydrogen) atoms. The van der Waals surface area contributed by atoms with Gasteiger partial charge in [-0.15, -0.1) is 0 Å². The molecule has 0 spiro atoms. The summed E-state index contributed by atoms with van der Waals surface area (Å²) in [5, 5.41) is -0.633. The second-order valence-electron chi connectivity index (χ2n) is 6.94. The van der Waals surface area contributed by atoms with E-state index in [1.54, 1.807) is 49.1 Å². The van der Waals surface area contributed by atoms with Crippen LogP contribution in [0, 0.1) is 5.82 Å². The van der Waals surface area contributed by atoms with Crippen molar-refractivity contribution in [2.75, 3.05) is 0 Å². The highest BCUT2D eigenvalue weighted by Gasteiger charge is 2.33. The zero-order valence-electron chi connectivity index (χ0n) is 15.3. The van der Waals surface area contributed by atoms with Gasteiger partial charge < -0.3 is 9.08 Å². The third-order valence-corrected chi connectivity index (χ3v) is 5.97. The smallest absolute Gasteiger partial charge is 0.311 e. The third kappa shape index (κ3) is 4.86. The van der Waals surface area contributed by atoms with Gasteiger partial charge in [-0.25, -0.2) is 4.39 Å². The molecule has 2 aromatic rings. The summed E-state index contributed by atoms with van der Waals surface area (Å²) in [4.78, 5) is 14.5. The first-order valence-corrected chi connectivity index (χ1v) is 10.3. The van der Waals surface area contributed by atoms with Crippen molar-refractivity contribution in [3.63, 3.8) is 0 Å². The summed E-state index contributed by atoms with van der Waals surface area (Å²) in [6, 6.07) is 12.5. The van der Waals surface area contributed by atoms with Crippen LogP contribution in [0.5, 0.6) is 5.75 Å². The van der Waals surface area contributed by atoms with Gasteiger partial charge in [0.25, 0.3) is 5.91 Å². The quantitative estimate of drug-likeness (QED) is 0.675. The van der Waals surface area contributed by atoms with Crippen LogP contribution < -0.4 is 4.18 Å². The van der Waals surface area contributed by atoms with E-state index < -0.39 is 21.2 Å². The van der Waals surface area contributed by atoms with Gasteiger partial charge in [0, 0.05) is 18.2 Å². The lowest BCUT2D eigenvalue weighted by Crippen LogP contribution is -2.32. The molecule has 5 nitrogen and oxygen atoms in total. The minimum atomic E-state index is -3.64. The Morgan fingerprint density at radius 3 is 2.41 bits per heavy atom. The standard InChI is InChI=1S/C20H22FNO4S/c1-14(2)27(24,25)26-19-10-6-15(7-11-19)13-22(18-8-9-18)20(23)16-4-3-5-17(21)12-16/h3-7,10-12,14,18H,8-9,13H2,1-2H3. The lowest BCUT2D eigenvalue weighted by Gasteiger charge is -2.23. The number of carbonyl (C=O) groups is 1. The molecule has 0 N–H and O–H groups in total. The van der Waals surface area contributed by atoms with Crippen LogP contribution in [0.15, 0.2) is 48.5 Å². The van der Waals surface area contributed by atoms with E-state index in [-0.39, 0.29) is 17.7 Å². The molecule has 0 heterocycles. The molecule has 0 unspecified atom stereocenters. The lowest BCUT2D eigenvalue weighted by atomic mass is 10.1. The van der Waals surface area contributed by atoms with Crippen LogP contribution >= 0.6 is 0 Å². The maximum atomic E-state index is 13.4. The minimum absolute atomic E-state index is 0.151. The van der Waals surface area contributed by atoms with Crippen LogP contribution in [-0.4, -0.2) is 30.5 Å². The van der Waals surface area contributed by atoms with Gasteiger partial charge in [-0.2, -0.15) is 8.42 Å². The van der Waals surface area contributed by atoms with Gasteiger partial charge in [0.05, 0.1) is 5.25 Å². The van der Waals surface area contributed by atoms with E-state index in [0.717, 1.165) is 18.4 Å². The highest BCUT2D eigenvalue weighted by molar-refractivity contribution is 7.87. The van der Waals surface area contributed by atoms with Gasteiger partial charge in [0.2, 0.25) is 0 Å². The topological polar surface area (TPSA) is 63.7 Å². The van der Waals surface area contributed by atoms with E-state index in [2.05, 4.69) is 0 Å². The molecule has 0 bridgehead atoms. The monoisotopic (exact) mass is 391 g/mol. The zero-order chi connectivity index (χ0) is 19.6. The molecule has 0 saturated heterocycles. The van der Waals surface area contributed by atoms with Crippen LogP contribution in [0.3, 0.4) is 0 Å². The van der Waals surface area contributed by atoms with Gasteiger partial charge in [-0.05, 0) is 62.6 Å². The summed E-state index contributed by atoms with van der Waals surface area (Å²) in [6.45, 7) is 3.47. The van der Waals surface area contributed by atoms with Crippen LogP contribution in [0.1, 0.15) is 42.6 Å². The Morgan fingerprint density at radius 1 is 1.19 bits per heavy atom. The summed E-state index contributed by atoms with van der Waals surface area (Å²) in [6.07, 6.45) is 1.85. The van der Waals surface area contributed by atoms with Crippen molar-refractivity contribution in [2.24, 2.45) is 0 Å². The average molecular weight is 391 g/mol. The number of halogens is 1. The predicted molar refractivity (Wildman–Crippen MR) is 100 cm³/mol. The van der Waals surface area contributed by atoms with Crippen LogP contribution in [0.25, 0.3) is 0 Å². The molecule has 144 valence electrons. The largest absolute Gasteiger partial charge is 0.382 e. The Bertz CT molecular complexity index is 921. The van der Waals surface area contributed by atoms with Crippen molar-refractivity contribution >= 4 is 16.0 Å². The molecular formula is C20H22FNO4S. The average Bonchev–Trinajstić information content (AvgIpc) is 3.45. The number of rotatable bonds is 7. The first kappa shape index (κ1) is 19.4. The van der Waals surface area contributed by atoms with E-state index in [1.807, 2.05) is 0 Å². The Hall–Kier alpha value is -2.41. The molecule has 2 aromatic carbocycles. The summed E-state index contributed by atoms with van der Waals surface area (Å²) in [7, 11) is -3.64. The van der Waals surface area contributed by atoms with E-state index in [0.29, 0.717) is 12.1 Å². The number of nitrogens with zero attached hydrogens (tertiary/aromatic N) is 1. The molecule has 1 saturated carbocycles. The number of amides is 1. The SMILES string of the molecule is CC(C)S(=O)(=O)Oc1ccc(CN(C(=O)c2cccc(F)c2)C2CC2)cc1. The molecule has 1 amide bonds. The molecular weight excluding hydrogens is 369 g/mol. The molecule has 0 radical (unpaired) electrons. The molecule has 3 rings (SSSR count). The Balaban J connectivity index is 1.73. The van der Waals surface area contributed by atoms with Gasteiger partial charge in [0.1, 0.15) is 11.6 Å². The third-order valence-electron chi connectivity index (χ3n) is 4.39. The highest BCUT2D eigenvalue weighted by Crippen LogP contribution is 2.30. The zero-order valence-corrected chi connectivity index (χ0v) is 16.1. The van der Waals surface area contributed by atoms with Crippen molar-refractivity contribution in [3.8, 4) is 5.75 Å². The van der Waals surface area contributed by atoms with Gasteiger partial charge in [-0.1, -0.05) is 18.2 Å². The molecule has 1 aliphatic rings. The molecule has 1 aliphatic carbocycles. The molecule has 0 atom stereocenters. The fourth-order valence-corrected chi connectivity index (χ4v) is 3.19.